The van der Waals surface area contributed by atoms with Gasteiger partial charge in [0.25, 0.3) is 6.71 Å². The number of anilines is 9. The second kappa shape index (κ2) is 18.2. The number of hydrogen-bond donors (Lipinski definition) is 0. The van der Waals surface area contributed by atoms with Crippen molar-refractivity contribution in [1.82, 2.24) is 0 Å². The maximum atomic E-state index is 11.3. The van der Waals surface area contributed by atoms with Crippen LogP contribution in [-0.4, -0.2) is 6.71 Å². The van der Waals surface area contributed by atoms with Crippen molar-refractivity contribution in [2.45, 2.75) is 123 Å². The van der Waals surface area contributed by atoms with E-state index in [9.17, 15) is 35.6 Å². The molecule has 0 atom stereocenters. The van der Waals surface area contributed by atoms with Crippen LogP contribution in [0.15, 0.2) is 186 Å². The molecule has 0 bridgehead atoms. The van der Waals surface area contributed by atoms with E-state index in [2.05, 4.69) is 0 Å². The van der Waals surface area contributed by atoms with Gasteiger partial charge in [0, 0.05) is 65.6 Å². The van der Waals surface area contributed by atoms with Crippen LogP contribution in [0.5, 0.6) is 0 Å². The van der Waals surface area contributed by atoms with E-state index in [-0.39, 0.29) is 54.7 Å². The molecule has 3 aliphatic rings. The van der Waals surface area contributed by atoms with Crippen LogP contribution in [0.1, 0.15) is 163 Å². The third-order valence-corrected chi connectivity index (χ3v) is 16.1. The van der Waals surface area contributed by atoms with Crippen molar-refractivity contribution in [3.8, 4) is 11.1 Å². The second-order valence-electron chi connectivity index (χ2n) is 23.3. The first-order valence-corrected chi connectivity index (χ1v) is 26.5. The van der Waals surface area contributed by atoms with Gasteiger partial charge in [-0.1, -0.05) is 191 Å². The van der Waals surface area contributed by atoms with Gasteiger partial charge in [0.1, 0.15) is 5.58 Å². The number of nitrogens with zero attached hydrogens (tertiary/aromatic N) is 3. The second-order valence-corrected chi connectivity index (χ2v) is 24.3. The van der Waals surface area contributed by atoms with Gasteiger partial charge in [-0.05, 0) is 141 Å². The van der Waals surface area contributed by atoms with Crippen molar-refractivity contribution in [3.63, 3.8) is 0 Å². The highest BCUT2D eigenvalue weighted by Crippen LogP contribution is 2.54. The fourth-order valence-corrected chi connectivity index (χ4v) is 11.9. The van der Waals surface area contributed by atoms with Crippen molar-refractivity contribution in [1.29, 1.82) is 0 Å². The Kier molecular flexibility index (Phi) is 6.34. The lowest BCUT2D eigenvalue weighted by molar-refractivity contribution is 0.325. The molecule has 1 aliphatic carbocycles. The molecule has 1 fully saturated rings. The van der Waals surface area contributed by atoms with Crippen LogP contribution in [0.2, 0.25) is 0 Å². The van der Waals surface area contributed by atoms with Crippen molar-refractivity contribution in [2.75, 3.05) is 14.7 Å². The zero-order valence-corrected chi connectivity index (χ0v) is 45.2. The van der Waals surface area contributed by atoms with Gasteiger partial charge in [-0.15, -0.1) is 11.3 Å². The van der Waals surface area contributed by atoms with E-state index >= 15 is 0 Å². The van der Waals surface area contributed by atoms with Crippen molar-refractivity contribution in [2.24, 2.45) is 0 Å². The Bertz CT molecular complexity index is 5460. The molecule has 0 saturated heterocycles. The van der Waals surface area contributed by atoms with Gasteiger partial charge in [0.05, 0.1) is 62.5 Å². The molecule has 2 aliphatic heterocycles. The molecule has 0 unspecified atom stereocenters. The summed E-state index contributed by atoms with van der Waals surface area (Å²) in [4.78, 5) is 3.20. The van der Waals surface area contributed by atoms with E-state index in [1.165, 1.54) is 0 Å². The van der Waals surface area contributed by atoms with Crippen LogP contribution in [-0.2, 0) is 21.7 Å². The minimum Gasteiger partial charge on any atom is -0.468 e. The van der Waals surface area contributed by atoms with Gasteiger partial charge in [-0.3, -0.25) is 0 Å². The summed E-state index contributed by atoms with van der Waals surface area (Å²) in [5.74, 6) is 0. The zero-order chi connectivity index (χ0) is 78.4. The summed E-state index contributed by atoms with van der Waals surface area (Å²) in [6, 6.07) is -23.5. The zero-order valence-electron chi connectivity index (χ0n) is 73.3. The fraction of sp³-hybridized carbons (Fsp3) is 0.268. The van der Waals surface area contributed by atoms with Gasteiger partial charge in [0.2, 0.25) is 0 Å². The monoisotopic (exact) mass is 1050 g/mol. The van der Waals surface area contributed by atoms with Gasteiger partial charge >= 0.3 is 0 Å². The predicted octanol–water partition coefficient (Wildman–Crippen LogP) is 19.0. The van der Waals surface area contributed by atoms with E-state index in [0.717, 1.165) is 46.5 Å². The first kappa shape index (κ1) is 26.9. The molecule has 77 heavy (non-hydrogen) atoms. The van der Waals surface area contributed by atoms with Gasteiger partial charge < -0.3 is 19.1 Å². The Labute approximate surface area is 501 Å². The summed E-state index contributed by atoms with van der Waals surface area (Å²) in [6.07, 6.45) is 3.62. The van der Waals surface area contributed by atoms with Gasteiger partial charge in [-0.25, -0.2) is 0 Å². The molecule has 0 N–H and O–H groups in total. The average Bonchev–Trinajstić information content (AvgIpc) is 1.28. The summed E-state index contributed by atoms with van der Waals surface area (Å²) in [5, 5.41) is -0.461. The number of hydrogen-bond acceptors (Lipinski definition) is 5. The fourth-order valence-electron chi connectivity index (χ4n) is 10.8. The topological polar surface area (TPSA) is 22.9 Å². The Morgan fingerprint density at radius 2 is 1.21 bits per heavy atom. The third kappa shape index (κ3) is 8.32. The van der Waals surface area contributed by atoms with Crippen molar-refractivity contribution < 1.29 is 44.2 Å². The number of rotatable bonds is 7. The molecule has 0 amide bonds. The minimum atomic E-state index is -1.89. The number of fused-ring (bicyclic) bond motifs is 7. The lowest BCUT2D eigenvalue weighted by Crippen LogP contribution is -2.61. The quantitative estimate of drug-likeness (QED) is 0.148. The number of thiophene rings is 1. The standard InChI is InChI=1S/C71H70BN3OS/c1-68(2,3)48-32-35-52(36-33-48)74-59-45-62-47(41-63(77-62)71(10)38-21-14-22-39-71)40-57(59)72-64-60(74)43-53(73(50-26-17-12-18-27-50)51-28-19-13-20-29-51)44-61(64)75(65-54-30-23-31-56(70(7,8)9)66(54)76-67(65)72)58-37-34-49(69(4,5)6)42-55(58)46-24-15-11-16-25-46/h11-13,15-20,23-37,40-45H,14,21-22,38-39H2,1-10H3/i11D,12D,13D,15D,16D,17D,18D,19D,20D,23D,24D,25D,26D,27D,28D,29D,30D,31D,32D,33D,34D,35D,36D,37D,40D,41D,42D,43D,45D. The molecule has 4 nitrogen and oxygen atoms in total. The Hall–Kier alpha value is -7.28. The van der Waals surface area contributed by atoms with Gasteiger partial charge in [0.15, 0.2) is 0 Å². The van der Waals surface area contributed by atoms with Crippen LogP contribution < -0.4 is 31.3 Å². The molecule has 384 valence electrons. The van der Waals surface area contributed by atoms with E-state index in [0.29, 0.717) is 22.6 Å². The SMILES string of the molecule is [2H]c1c([2H])c([2H])c(-c2c([2H])c(C(C)(C)C)c([2H])c([2H])c2N2c3cc(N(c4c([2H])c([2H])c([2H])c([2H])c4[2H])c4c([2H])c([2H])c([2H])c([2H])c4[2H])c([2H])c4c3B(c3oc5c(C(C)(C)C)c([2H])c([2H])c([2H])c5c32)c2c(c([2H])c3sc(C5(C)CCCCC5)c([2H])c3c2[2H])N4c2c([2H])c([2H])c(C(C)(C)C)c([2H])c2[2H])c([2H])c1[2H]. The minimum absolute atomic E-state index is 0.00350. The Balaban J connectivity index is 1.41. The average molecular weight is 1050 g/mol. The largest absolute Gasteiger partial charge is 0.468 e. The Morgan fingerprint density at radius 1 is 0.571 bits per heavy atom. The molecule has 1 saturated carbocycles. The molecular weight excluding hydrogens is 954 g/mol. The van der Waals surface area contributed by atoms with Crippen LogP contribution in [0.3, 0.4) is 0 Å². The molecule has 6 heteroatoms. The summed E-state index contributed by atoms with van der Waals surface area (Å²) in [6.45, 7) is 14.9. The Morgan fingerprint density at radius 3 is 1.84 bits per heavy atom. The van der Waals surface area contributed by atoms with Crippen molar-refractivity contribution >= 4 is 107 Å². The molecule has 4 heterocycles. The first-order chi connectivity index (χ1) is 49.1. The van der Waals surface area contributed by atoms with Crippen molar-refractivity contribution in [3.05, 3.63) is 203 Å². The van der Waals surface area contributed by atoms with Gasteiger partial charge in [-0.2, -0.15) is 0 Å². The maximum Gasteiger partial charge on any atom is 0.297 e. The van der Waals surface area contributed by atoms with Crippen LogP contribution in [0.4, 0.5) is 51.2 Å². The molecule has 8 aromatic carbocycles. The summed E-state index contributed by atoms with van der Waals surface area (Å²) in [7, 11) is 0. The molecule has 0 spiro atoms. The van der Waals surface area contributed by atoms with E-state index < -0.39 is 266 Å². The lowest BCUT2D eigenvalue weighted by atomic mass is 9.35. The first-order valence-electron chi connectivity index (χ1n) is 40.2. The summed E-state index contributed by atoms with van der Waals surface area (Å²) < 4.78 is 292. The van der Waals surface area contributed by atoms with Crippen LogP contribution in [0.25, 0.3) is 32.2 Å². The van der Waals surface area contributed by atoms with Crippen LogP contribution >= 0.6 is 11.3 Å². The normalized spacial score (nSPS) is 20.4. The predicted molar refractivity (Wildman–Crippen MR) is 332 cm³/mol. The maximum absolute atomic E-state index is 11.3. The van der Waals surface area contributed by atoms with E-state index in [1.54, 1.807) is 62.3 Å². The highest BCUT2D eigenvalue weighted by Gasteiger charge is 2.48. The third-order valence-electron chi connectivity index (χ3n) is 14.7. The number of furan rings is 1. The number of para-hydroxylation sites is 3. The molecule has 2 aromatic heterocycles. The molecule has 0 radical (unpaired) electrons. The smallest absolute Gasteiger partial charge is 0.297 e. The van der Waals surface area contributed by atoms with E-state index in [1.807, 2.05) is 6.92 Å². The highest BCUT2D eigenvalue weighted by atomic mass is 32.1. The lowest BCUT2D eigenvalue weighted by Gasteiger charge is -2.44. The molecule has 13 rings (SSSR count). The number of benzene rings is 8. The summed E-state index contributed by atoms with van der Waals surface area (Å²) in [5.41, 5.74) is -14.0. The summed E-state index contributed by atoms with van der Waals surface area (Å²) >= 11 is 1.04. The van der Waals surface area contributed by atoms with Crippen LogP contribution in [0, 0.1) is 0 Å². The van der Waals surface area contributed by atoms with E-state index in [4.69, 9.17) is 8.53 Å². The molecular formula is C71H70BN3OS. The molecule has 10 aromatic rings. The highest BCUT2D eigenvalue weighted by molar-refractivity contribution is 7.19.